The zero-order valence-corrected chi connectivity index (χ0v) is 22.8. The number of H-pyrrole nitrogens is 1. The molecule has 5 rings (SSSR count). The van der Waals surface area contributed by atoms with Crippen LogP contribution in [0.3, 0.4) is 0 Å². The molecule has 3 N–H and O–H groups in total. The Morgan fingerprint density at radius 3 is 2.79 bits per heavy atom. The number of aromatic nitrogens is 3. The van der Waals surface area contributed by atoms with Crippen molar-refractivity contribution in [1.29, 1.82) is 0 Å². The summed E-state index contributed by atoms with van der Waals surface area (Å²) in [5.41, 5.74) is 0.395. The lowest BCUT2D eigenvalue weighted by molar-refractivity contribution is 0.0968. The van der Waals surface area contributed by atoms with E-state index in [0.29, 0.717) is 38.9 Å². The second kappa shape index (κ2) is 11.6. The number of carbonyl (C=O) groups excluding carboxylic acids is 1. The number of carboxylic acid groups (broad SMARTS) is 1. The Kier molecular flexibility index (Phi) is 8.01. The Hall–Kier alpha value is -3.67. The van der Waals surface area contributed by atoms with Crippen molar-refractivity contribution >= 4 is 63.3 Å². The molecular formula is C26H23Cl2N5O5S. The molecule has 10 nitrogen and oxygen atoms in total. The van der Waals surface area contributed by atoms with Crippen molar-refractivity contribution in [2.24, 2.45) is 0 Å². The molecule has 39 heavy (non-hydrogen) atoms. The van der Waals surface area contributed by atoms with Crippen molar-refractivity contribution in [3.63, 3.8) is 0 Å². The van der Waals surface area contributed by atoms with Gasteiger partial charge in [-0.05, 0) is 49.6 Å². The fourth-order valence-corrected chi connectivity index (χ4v) is 6.01. The van der Waals surface area contributed by atoms with E-state index in [1.807, 2.05) is 0 Å². The van der Waals surface area contributed by atoms with Gasteiger partial charge in [-0.1, -0.05) is 23.2 Å². The molecule has 1 saturated heterocycles. The number of fused-ring (bicyclic) bond motifs is 1. The van der Waals surface area contributed by atoms with E-state index in [0.717, 1.165) is 19.3 Å². The number of piperidine rings is 1. The third-order valence-corrected chi connectivity index (χ3v) is 8.07. The Balaban J connectivity index is 1.54. The van der Waals surface area contributed by atoms with Gasteiger partial charge < -0.3 is 25.0 Å². The molecule has 1 atom stereocenters. The molecule has 0 spiro atoms. The summed E-state index contributed by atoms with van der Waals surface area (Å²) in [4.78, 5) is 50.7. The first kappa shape index (κ1) is 26.9. The average molecular weight is 588 g/mol. The van der Waals surface area contributed by atoms with E-state index in [1.54, 1.807) is 24.3 Å². The van der Waals surface area contributed by atoms with Gasteiger partial charge in [0.25, 0.3) is 11.5 Å². The predicted molar refractivity (Wildman–Crippen MR) is 150 cm³/mol. The van der Waals surface area contributed by atoms with E-state index in [4.69, 9.17) is 27.9 Å². The van der Waals surface area contributed by atoms with Gasteiger partial charge in [-0.25, -0.2) is 14.8 Å². The molecule has 202 valence electrons. The number of pyridine rings is 1. The molecule has 0 aliphatic carbocycles. The fraction of sp³-hybridized carbons (Fsp3) is 0.269. The first-order valence-electron chi connectivity index (χ1n) is 12.2. The van der Waals surface area contributed by atoms with Crippen LogP contribution < -0.4 is 15.6 Å². The monoisotopic (exact) mass is 587 g/mol. The van der Waals surface area contributed by atoms with Crippen molar-refractivity contribution in [3.8, 4) is 16.2 Å². The van der Waals surface area contributed by atoms with Crippen molar-refractivity contribution in [1.82, 2.24) is 19.9 Å². The second-order valence-electron chi connectivity index (χ2n) is 8.95. The van der Waals surface area contributed by atoms with Gasteiger partial charge in [-0.2, -0.15) is 0 Å². The minimum atomic E-state index is -0.954. The number of benzene rings is 1. The number of hydrogen-bond acceptors (Lipinski definition) is 7. The summed E-state index contributed by atoms with van der Waals surface area (Å²) >= 11 is 13.8. The third-order valence-electron chi connectivity index (χ3n) is 6.51. The number of aromatic amines is 1. The van der Waals surface area contributed by atoms with Crippen LogP contribution in [-0.4, -0.2) is 56.2 Å². The first-order valence-corrected chi connectivity index (χ1v) is 13.7. The number of ether oxygens (including phenoxy) is 1. The highest BCUT2D eigenvalue weighted by molar-refractivity contribution is 7.19. The lowest BCUT2D eigenvalue weighted by Gasteiger charge is -2.33. The highest BCUT2D eigenvalue weighted by Crippen LogP contribution is 2.39. The summed E-state index contributed by atoms with van der Waals surface area (Å²) in [5, 5.41) is 12.9. The number of rotatable bonds is 7. The molecule has 4 aromatic rings. The van der Waals surface area contributed by atoms with E-state index >= 15 is 0 Å². The van der Waals surface area contributed by atoms with Gasteiger partial charge in [0.15, 0.2) is 0 Å². The molecule has 0 saturated carbocycles. The van der Waals surface area contributed by atoms with Crippen LogP contribution in [0.1, 0.15) is 36.0 Å². The number of anilines is 1. The number of carbonyl (C=O) groups is 2. The Morgan fingerprint density at radius 1 is 1.23 bits per heavy atom. The van der Waals surface area contributed by atoms with Gasteiger partial charge in [0.05, 0.1) is 32.6 Å². The number of nitrogens with one attached hydrogen (secondary N) is 2. The predicted octanol–water partition coefficient (Wildman–Crippen LogP) is 5.91. The molecule has 4 heterocycles. The molecule has 2 amide bonds. The average Bonchev–Trinajstić information content (AvgIpc) is 3.34. The molecule has 1 aliphatic rings. The summed E-state index contributed by atoms with van der Waals surface area (Å²) in [6.07, 6.45) is 4.80. The summed E-state index contributed by atoms with van der Waals surface area (Å²) in [5.74, 6) is 0.0592. The minimum Gasteiger partial charge on any atom is -0.492 e. The number of hydrogen-bond donors (Lipinski definition) is 3. The first-order chi connectivity index (χ1) is 18.8. The topological polar surface area (TPSA) is 138 Å². The van der Waals surface area contributed by atoms with Crippen LogP contribution in [0.25, 0.3) is 21.3 Å². The van der Waals surface area contributed by atoms with E-state index in [1.165, 1.54) is 34.8 Å². The van der Waals surface area contributed by atoms with Crippen LogP contribution in [0, 0.1) is 0 Å². The van der Waals surface area contributed by atoms with Gasteiger partial charge in [0.1, 0.15) is 17.9 Å². The Morgan fingerprint density at radius 2 is 2.08 bits per heavy atom. The zero-order chi connectivity index (χ0) is 27.5. The van der Waals surface area contributed by atoms with Crippen molar-refractivity contribution < 1.29 is 19.4 Å². The SMILES string of the molecule is O=C(Nc1ccncn1)c1cc2c(OCCC3CCCCN3C(=O)O)c(-c3ccc(Cl)s3)c(=O)[nH]c2cc1Cl. The molecule has 0 radical (unpaired) electrons. The highest BCUT2D eigenvalue weighted by Gasteiger charge is 2.27. The summed E-state index contributed by atoms with van der Waals surface area (Å²) in [6, 6.07) is 7.82. The van der Waals surface area contributed by atoms with E-state index in [2.05, 4.69) is 20.3 Å². The third kappa shape index (κ3) is 5.85. The van der Waals surface area contributed by atoms with Crippen LogP contribution in [0.2, 0.25) is 9.36 Å². The molecule has 13 heteroatoms. The van der Waals surface area contributed by atoms with E-state index in [-0.39, 0.29) is 34.5 Å². The van der Waals surface area contributed by atoms with Gasteiger partial charge >= 0.3 is 6.09 Å². The Bertz CT molecular complexity index is 1590. The van der Waals surface area contributed by atoms with E-state index < -0.39 is 17.6 Å². The fourth-order valence-electron chi connectivity index (χ4n) is 4.68. The largest absolute Gasteiger partial charge is 0.492 e. The number of amides is 2. The summed E-state index contributed by atoms with van der Waals surface area (Å²) < 4.78 is 6.74. The number of thiophene rings is 1. The maximum Gasteiger partial charge on any atom is 0.407 e. The number of nitrogens with zero attached hydrogens (tertiary/aromatic N) is 3. The quantitative estimate of drug-likeness (QED) is 0.244. The molecule has 1 unspecified atom stereocenters. The second-order valence-corrected chi connectivity index (χ2v) is 11.1. The van der Waals surface area contributed by atoms with Gasteiger partial charge in [-0.15, -0.1) is 11.3 Å². The number of halogens is 2. The molecule has 1 fully saturated rings. The van der Waals surface area contributed by atoms with Crippen LogP contribution in [0.4, 0.5) is 10.6 Å². The van der Waals surface area contributed by atoms with E-state index in [9.17, 15) is 19.5 Å². The maximum atomic E-state index is 13.2. The lowest BCUT2D eigenvalue weighted by Crippen LogP contribution is -2.43. The van der Waals surface area contributed by atoms with Crippen LogP contribution >= 0.6 is 34.5 Å². The lowest BCUT2D eigenvalue weighted by atomic mass is 10.0. The van der Waals surface area contributed by atoms with Crippen LogP contribution in [0.15, 0.2) is 47.7 Å². The molecule has 0 bridgehead atoms. The number of likely N-dealkylation sites (tertiary alicyclic amines) is 1. The summed E-state index contributed by atoms with van der Waals surface area (Å²) in [6.45, 7) is 0.639. The van der Waals surface area contributed by atoms with Crippen LogP contribution in [0.5, 0.6) is 5.75 Å². The van der Waals surface area contributed by atoms with Crippen molar-refractivity contribution in [2.45, 2.75) is 31.7 Å². The summed E-state index contributed by atoms with van der Waals surface area (Å²) in [7, 11) is 0. The van der Waals surface area contributed by atoms with Crippen molar-refractivity contribution in [2.75, 3.05) is 18.5 Å². The maximum absolute atomic E-state index is 13.2. The molecule has 1 aliphatic heterocycles. The Labute approximate surface area is 236 Å². The molecule has 1 aromatic carbocycles. The zero-order valence-electron chi connectivity index (χ0n) is 20.4. The van der Waals surface area contributed by atoms with Gasteiger partial charge in [0.2, 0.25) is 0 Å². The normalized spacial score (nSPS) is 15.3. The molecule has 3 aromatic heterocycles. The van der Waals surface area contributed by atoms with Gasteiger partial charge in [0, 0.05) is 35.5 Å². The smallest absolute Gasteiger partial charge is 0.407 e. The van der Waals surface area contributed by atoms with Crippen molar-refractivity contribution in [3.05, 3.63) is 68.1 Å². The standard InChI is InChI=1S/C26H23Cl2N5O5S/c27-17-12-18-16(11-15(17)24(34)32-21-6-8-29-13-30-21)23(22(25(35)31-18)19-4-5-20(28)39-19)38-10-7-14-3-1-2-9-33(14)26(36)37/h4-6,8,11-14H,1-3,7,9-10H2,(H,31,35)(H,36,37)(H,29,30,32,34). The van der Waals surface area contributed by atoms with Gasteiger partial charge in [-0.3, -0.25) is 9.59 Å². The highest BCUT2D eigenvalue weighted by atomic mass is 35.5. The van der Waals surface area contributed by atoms with Crippen LogP contribution in [-0.2, 0) is 0 Å². The minimum absolute atomic E-state index is 0.127. The molecular weight excluding hydrogens is 565 g/mol.